The predicted molar refractivity (Wildman–Crippen MR) is 144 cm³/mol. The van der Waals surface area contributed by atoms with Crippen molar-refractivity contribution < 1.29 is 18.6 Å². The lowest BCUT2D eigenvalue weighted by molar-refractivity contribution is 0.0365. The van der Waals surface area contributed by atoms with Gasteiger partial charge in [-0.2, -0.15) is 0 Å². The fourth-order valence-corrected chi connectivity index (χ4v) is 4.73. The highest BCUT2D eigenvalue weighted by Gasteiger charge is 2.24. The molecule has 0 amide bonds. The Balaban J connectivity index is 1.55. The summed E-state index contributed by atoms with van der Waals surface area (Å²) in [5, 5.41) is 5.08. The van der Waals surface area contributed by atoms with Gasteiger partial charge in [0.2, 0.25) is 0 Å². The molecular weight excluding hydrogens is 462 g/mol. The molecule has 8 heteroatoms. The molecule has 2 heterocycles. The lowest BCUT2D eigenvalue weighted by Crippen LogP contribution is -2.41. The molecule has 2 aromatic carbocycles. The van der Waals surface area contributed by atoms with Crippen molar-refractivity contribution in [2.24, 2.45) is 0 Å². The van der Waals surface area contributed by atoms with Gasteiger partial charge in [0.05, 0.1) is 38.7 Å². The van der Waals surface area contributed by atoms with Crippen molar-refractivity contribution in [3.63, 3.8) is 0 Å². The molecule has 1 aromatic heterocycles. The summed E-state index contributed by atoms with van der Waals surface area (Å²) >= 11 is 5.94. The normalized spacial score (nSPS) is 15.1. The summed E-state index contributed by atoms with van der Waals surface area (Å²) in [5.41, 5.74) is 1.61. The fraction of sp³-hybridized carbons (Fsp3) is 0.444. The predicted octanol–water partition coefficient (Wildman–Crippen LogP) is 5.32. The van der Waals surface area contributed by atoms with Gasteiger partial charge >= 0.3 is 0 Å². The molecule has 0 bridgehead atoms. The summed E-state index contributed by atoms with van der Waals surface area (Å²) in [4.78, 5) is 4.64. The van der Waals surface area contributed by atoms with Crippen LogP contribution >= 0.6 is 12.2 Å². The summed E-state index contributed by atoms with van der Waals surface area (Å²) in [6.07, 6.45) is 0.975. The van der Waals surface area contributed by atoms with Crippen LogP contribution in [0.5, 0.6) is 11.5 Å². The Hall–Kier alpha value is -2.81. The Morgan fingerprint density at radius 3 is 2.69 bits per heavy atom. The van der Waals surface area contributed by atoms with Crippen LogP contribution in [0.4, 0.5) is 5.69 Å². The molecule has 0 radical (unpaired) electrons. The number of methoxy groups -OCH3 is 1. The summed E-state index contributed by atoms with van der Waals surface area (Å²) < 4.78 is 23.1. The van der Waals surface area contributed by atoms with E-state index in [0.29, 0.717) is 11.7 Å². The first-order chi connectivity index (χ1) is 17.1. The van der Waals surface area contributed by atoms with Crippen molar-refractivity contribution in [3.8, 4) is 11.5 Å². The van der Waals surface area contributed by atoms with E-state index in [1.54, 1.807) is 7.11 Å². The van der Waals surface area contributed by atoms with Gasteiger partial charge in [-0.05, 0) is 56.8 Å². The molecule has 4 rings (SSSR count). The minimum atomic E-state index is -0.0731. The first kappa shape index (κ1) is 25.3. The zero-order valence-electron chi connectivity index (χ0n) is 20.8. The van der Waals surface area contributed by atoms with Gasteiger partial charge in [0.15, 0.2) is 16.4 Å². The van der Waals surface area contributed by atoms with E-state index >= 15 is 0 Å². The largest absolute Gasteiger partial charge is 0.493 e. The van der Waals surface area contributed by atoms with E-state index in [1.165, 1.54) is 0 Å². The second kappa shape index (κ2) is 12.2. The van der Waals surface area contributed by atoms with Crippen LogP contribution in [0.25, 0.3) is 11.0 Å². The number of para-hydroxylation sites is 3. The highest BCUT2D eigenvalue weighted by molar-refractivity contribution is 7.80. The molecule has 1 fully saturated rings. The van der Waals surface area contributed by atoms with E-state index in [9.17, 15) is 0 Å². The van der Waals surface area contributed by atoms with Crippen molar-refractivity contribution >= 4 is 34.0 Å². The van der Waals surface area contributed by atoms with Crippen molar-refractivity contribution in [2.45, 2.75) is 26.3 Å². The monoisotopic (exact) mass is 497 g/mol. The number of fused-ring (bicyclic) bond motifs is 1. The minimum Gasteiger partial charge on any atom is -0.493 e. The molecule has 188 valence electrons. The number of rotatable bonds is 10. The maximum atomic E-state index is 6.29. The number of anilines is 1. The lowest BCUT2D eigenvalue weighted by atomic mass is 10.2. The number of ether oxygens (including phenoxy) is 3. The number of nitrogens with zero attached hydrogens (tertiary/aromatic N) is 2. The van der Waals surface area contributed by atoms with Crippen LogP contribution in [0.15, 0.2) is 52.9 Å². The van der Waals surface area contributed by atoms with Gasteiger partial charge in [-0.15, -0.1) is 0 Å². The van der Waals surface area contributed by atoms with E-state index in [0.717, 1.165) is 79.7 Å². The van der Waals surface area contributed by atoms with Crippen LogP contribution < -0.4 is 14.8 Å². The average molecular weight is 498 g/mol. The molecule has 1 atom stereocenters. The number of thiocarbonyl (C=S) groups is 1. The molecule has 0 saturated carbocycles. The molecule has 3 aromatic rings. The van der Waals surface area contributed by atoms with Crippen LogP contribution in [0.1, 0.15) is 32.1 Å². The van der Waals surface area contributed by atoms with Gasteiger partial charge in [0, 0.05) is 31.6 Å². The molecule has 1 N–H and O–H groups in total. The Morgan fingerprint density at radius 1 is 1.14 bits per heavy atom. The Kier molecular flexibility index (Phi) is 8.84. The molecule has 1 aliphatic rings. The lowest BCUT2D eigenvalue weighted by Gasteiger charge is -2.32. The Bertz CT molecular complexity index is 1110. The van der Waals surface area contributed by atoms with Crippen LogP contribution in [0.3, 0.4) is 0 Å². The second-order valence-electron chi connectivity index (χ2n) is 8.56. The van der Waals surface area contributed by atoms with Crippen molar-refractivity contribution in [1.29, 1.82) is 0 Å². The van der Waals surface area contributed by atoms with E-state index in [2.05, 4.69) is 28.1 Å². The topological polar surface area (TPSA) is 59.3 Å². The highest BCUT2D eigenvalue weighted by Crippen LogP contribution is 2.33. The minimum absolute atomic E-state index is 0.0731. The maximum Gasteiger partial charge on any atom is 0.176 e. The van der Waals surface area contributed by atoms with Crippen molar-refractivity contribution in [1.82, 2.24) is 9.80 Å². The fourth-order valence-electron chi connectivity index (χ4n) is 4.38. The number of hydrogen-bond donors (Lipinski definition) is 1. The van der Waals surface area contributed by atoms with Crippen LogP contribution in [-0.2, 0) is 4.74 Å². The number of benzene rings is 2. The van der Waals surface area contributed by atoms with E-state index < -0.39 is 0 Å². The third-order valence-electron chi connectivity index (χ3n) is 6.29. The molecule has 7 nitrogen and oxygen atoms in total. The number of morpholine rings is 1. The molecule has 0 aliphatic carbocycles. The zero-order valence-corrected chi connectivity index (χ0v) is 21.6. The van der Waals surface area contributed by atoms with E-state index in [-0.39, 0.29) is 6.04 Å². The van der Waals surface area contributed by atoms with Gasteiger partial charge in [-0.3, -0.25) is 4.90 Å². The first-order valence-corrected chi connectivity index (χ1v) is 12.7. The summed E-state index contributed by atoms with van der Waals surface area (Å²) in [6, 6.07) is 15.8. The van der Waals surface area contributed by atoms with Gasteiger partial charge in [0.25, 0.3) is 0 Å². The second-order valence-corrected chi connectivity index (χ2v) is 8.95. The van der Waals surface area contributed by atoms with Gasteiger partial charge < -0.3 is 28.8 Å². The zero-order chi connectivity index (χ0) is 24.6. The Labute approximate surface area is 212 Å². The maximum absolute atomic E-state index is 6.29. The summed E-state index contributed by atoms with van der Waals surface area (Å²) in [6.45, 7) is 10.0. The number of furan rings is 1. The van der Waals surface area contributed by atoms with Crippen LogP contribution in [-0.4, -0.2) is 68.0 Å². The number of nitrogens with one attached hydrogen (secondary N) is 1. The van der Waals surface area contributed by atoms with Crippen LogP contribution in [0.2, 0.25) is 0 Å². The summed E-state index contributed by atoms with van der Waals surface area (Å²) in [5.74, 6) is 2.36. The van der Waals surface area contributed by atoms with Gasteiger partial charge in [0.1, 0.15) is 11.5 Å². The highest BCUT2D eigenvalue weighted by atomic mass is 32.1. The SMILES string of the molecule is CCOc1ccccc1NC(=S)N(CCCN1CCOCC1)C(C)c1cc2cccc(OC)c2o1. The Morgan fingerprint density at radius 2 is 1.91 bits per heavy atom. The molecular formula is C27H35N3O4S. The molecule has 1 saturated heterocycles. The van der Waals surface area contributed by atoms with E-state index in [1.807, 2.05) is 49.4 Å². The molecule has 1 aliphatic heterocycles. The standard InChI is InChI=1S/C27H35N3O4S/c1-4-33-23-11-6-5-10-22(23)28-27(35)30(14-8-13-29-15-17-32-18-16-29)20(2)25-19-21-9-7-12-24(31-3)26(21)34-25/h5-7,9-12,19-20H,4,8,13-18H2,1-3H3,(H,28,35). The third kappa shape index (κ3) is 6.25. The molecule has 35 heavy (non-hydrogen) atoms. The molecule has 1 unspecified atom stereocenters. The van der Waals surface area contributed by atoms with Crippen molar-refractivity contribution in [2.75, 3.05) is 58.4 Å². The third-order valence-corrected chi connectivity index (χ3v) is 6.63. The van der Waals surface area contributed by atoms with Gasteiger partial charge in [-0.1, -0.05) is 24.3 Å². The smallest absolute Gasteiger partial charge is 0.176 e. The average Bonchev–Trinajstić information content (AvgIpc) is 3.33. The van der Waals surface area contributed by atoms with E-state index in [4.69, 9.17) is 30.8 Å². The van der Waals surface area contributed by atoms with Gasteiger partial charge in [-0.25, -0.2) is 0 Å². The van der Waals surface area contributed by atoms with Crippen molar-refractivity contribution in [3.05, 3.63) is 54.3 Å². The first-order valence-electron chi connectivity index (χ1n) is 12.3. The summed E-state index contributed by atoms with van der Waals surface area (Å²) in [7, 11) is 1.66. The quantitative estimate of drug-likeness (QED) is 0.378. The molecule has 0 spiro atoms. The number of hydrogen-bond acceptors (Lipinski definition) is 6. The van der Waals surface area contributed by atoms with Crippen LogP contribution in [0, 0.1) is 0 Å².